The number of ether oxygens (including phenoxy) is 1. The Kier molecular flexibility index (Phi) is 3.64. The summed E-state index contributed by atoms with van der Waals surface area (Å²) in [5.74, 6) is 1.67. The Hall–Kier alpha value is -3.60. The molecule has 0 unspecified atom stereocenters. The molecule has 0 spiro atoms. The number of nitrogens with one attached hydrogen (secondary N) is 1. The van der Waals surface area contributed by atoms with Gasteiger partial charge in [-0.15, -0.1) is 0 Å². The molecule has 5 rings (SSSR count). The number of pyridine rings is 1. The van der Waals surface area contributed by atoms with Gasteiger partial charge in [0, 0.05) is 29.2 Å². The summed E-state index contributed by atoms with van der Waals surface area (Å²) >= 11 is 0. The Bertz CT molecular complexity index is 1150. The minimum absolute atomic E-state index is 0.0417. The zero-order chi connectivity index (χ0) is 18.2. The topological polar surface area (TPSA) is 52.0 Å². The van der Waals surface area contributed by atoms with Crippen molar-refractivity contribution in [1.82, 2.24) is 14.5 Å². The zero-order valence-electron chi connectivity index (χ0n) is 14.8. The highest BCUT2D eigenvalue weighted by atomic mass is 16.5. The number of para-hydroxylation sites is 3. The van der Waals surface area contributed by atoms with Crippen molar-refractivity contribution in [3.8, 4) is 5.75 Å². The number of nitrogens with zero attached hydrogens (tertiary/aromatic N) is 3. The standard InChI is InChI=1S/C22H18N4O/c1-27-21-11-5-2-8-16(21)20-13-18(15-7-6-12-23-14-15)25-22-24-17-9-3-4-10-19(17)26(20)22/h2-14,20H,1H3,(H,24,25)/t20-/m0/s1. The highest BCUT2D eigenvalue weighted by Gasteiger charge is 2.27. The highest BCUT2D eigenvalue weighted by molar-refractivity contribution is 5.85. The van der Waals surface area contributed by atoms with Gasteiger partial charge < -0.3 is 10.1 Å². The van der Waals surface area contributed by atoms with Crippen molar-refractivity contribution >= 4 is 22.7 Å². The number of methoxy groups -OCH3 is 1. The molecular formula is C22H18N4O. The number of allylic oxidation sites excluding steroid dienone is 1. The lowest BCUT2D eigenvalue weighted by Gasteiger charge is -2.27. The molecule has 0 radical (unpaired) electrons. The fourth-order valence-corrected chi connectivity index (χ4v) is 3.64. The SMILES string of the molecule is COc1ccccc1[C@@H]1C=C(c2cccnc2)Nc2nc3ccccc3n21. The van der Waals surface area contributed by atoms with Crippen molar-refractivity contribution in [2.45, 2.75) is 6.04 Å². The first-order chi connectivity index (χ1) is 13.3. The van der Waals surface area contributed by atoms with E-state index in [0.717, 1.165) is 39.6 Å². The first-order valence-corrected chi connectivity index (χ1v) is 8.84. The second-order valence-electron chi connectivity index (χ2n) is 6.43. The van der Waals surface area contributed by atoms with Crippen LogP contribution >= 0.6 is 0 Å². The lowest BCUT2D eigenvalue weighted by atomic mass is 10.0. The number of hydrogen-bond donors (Lipinski definition) is 1. The molecule has 5 heteroatoms. The van der Waals surface area contributed by atoms with Crippen molar-refractivity contribution in [3.05, 3.63) is 90.3 Å². The van der Waals surface area contributed by atoms with Gasteiger partial charge in [0.1, 0.15) is 5.75 Å². The maximum atomic E-state index is 5.65. The predicted molar refractivity (Wildman–Crippen MR) is 107 cm³/mol. The average Bonchev–Trinajstić information content (AvgIpc) is 3.12. The summed E-state index contributed by atoms with van der Waals surface area (Å²) in [5, 5.41) is 3.47. The normalized spacial score (nSPS) is 15.7. The molecule has 1 atom stereocenters. The highest BCUT2D eigenvalue weighted by Crippen LogP contribution is 2.39. The molecule has 0 saturated carbocycles. The van der Waals surface area contributed by atoms with Crippen LogP contribution in [0.1, 0.15) is 17.2 Å². The van der Waals surface area contributed by atoms with Gasteiger partial charge >= 0.3 is 0 Å². The van der Waals surface area contributed by atoms with E-state index >= 15 is 0 Å². The van der Waals surface area contributed by atoms with E-state index in [4.69, 9.17) is 9.72 Å². The van der Waals surface area contributed by atoms with Crippen molar-refractivity contribution in [1.29, 1.82) is 0 Å². The van der Waals surface area contributed by atoms with E-state index in [2.05, 4.69) is 33.1 Å². The quantitative estimate of drug-likeness (QED) is 0.589. The Morgan fingerprint density at radius 3 is 2.70 bits per heavy atom. The Morgan fingerprint density at radius 2 is 1.85 bits per heavy atom. The van der Waals surface area contributed by atoms with Crippen LogP contribution in [0.15, 0.2) is 79.1 Å². The van der Waals surface area contributed by atoms with Crippen LogP contribution in [0.25, 0.3) is 16.7 Å². The molecule has 2 aromatic carbocycles. The number of hydrogen-bond acceptors (Lipinski definition) is 4. The molecule has 0 bridgehead atoms. The van der Waals surface area contributed by atoms with Gasteiger partial charge in [-0.05, 0) is 36.4 Å². The molecule has 5 nitrogen and oxygen atoms in total. The smallest absolute Gasteiger partial charge is 0.209 e. The average molecular weight is 354 g/mol. The maximum absolute atomic E-state index is 5.65. The molecule has 1 aliphatic rings. The van der Waals surface area contributed by atoms with E-state index < -0.39 is 0 Å². The van der Waals surface area contributed by atoms with Gasteiger partial charge in [-0.2, -0.15) is 0 Å². The first kappa shape index (κ1) is 15.6. The van der Waals surface area contributed by atoms with E-state index in [9.17, 15) is 0 Å². The van der Waals surface area contributed by atoms with Gasteiger partial charge in [0.25, 0.3) is 0 Å². The van der Waals surface area contributed by atoms with E-state index in [1.807, 2.05) is 54.7 Å². The van der Waals surface area contributed by atoms with Gasteiger partial charge in [-0.25, -0.2) is 4.98 Å². The van der Waals surface area contributed by atoms with Crippen molar-refractivity contribution < 1.29 is 4.74 Å². The number of rotatable bonds is 3. The fourth-order valence-electron chi connectivity index (χ4n) is 3.64. The molecule has 0 fully saturated rings. The predicted octanol–water partition coefficient (Wildman–Crippen LogP) is 4.50. The van der Waals surface area contributed by atoms with Crippen LogP contribution in [0.4, 0.5) is 5.95 Å². The zero-order valence-corrected chi connectivity index (χ0v) is 14.8. The monoisotopic (exact) mass is 354 g/mol. The number of benzene rings is 2. The van der Waals surface area contributed by atoms with Gasteiger partial charge in [-0.1, -0.05) is 30.3 Å². The summed E-state index contributed by atoms with van der Waals surface area (Å²) in [7, 11) is 1.71. The summed E-state index contributed by atoms with van der Waals surface area (Å²) in [5.41, 5.74) is 5.14. The molecule has 1 N–H and O–H groups in total. The van der Waals surface area contributed by atoms with Gasteiger partial charge in [-0.3, -0.25) is 9.55 Å². The van der Waals surface area contributed by atoms with Gasteiger partial charge in [0.2, 0.25) is 5.95 Å². The molecule has 3 heterocycles. The molecule has 0 saturated heterocycles. The second kappa shape index (κ2) is 6.29. The lowest BCUT2D eigenvalue weighted by molar-refractivity contribution is 0.406. The maximum Gasteiger partial charge on any atom is 0.209 e. The molecule has 0 amide bonds. The van der Waals surface area contributed by atoms with Crippen LogP contribution in [0.5, 0.6) is 5.75 Å². The number of anilines is 1. The van der Waals surface area contributed by atoms with Gasteiger partial charge in [0.15, 0.2) is 0 Å². The minimum Gasteiger partial charge on any atom is -0.496 e. The Balaban J connectivity index is 1.76. The Labute approximate surface area is 157 Å². The van der Waals surface area contributed by atoms with Crippen molar-refractivity contribution in [2.75, 3.05) is 12.4 Å². The summed E-state index contributed by atoms with van der Waals surface area (Å²) in [6, 6.07) is 20.2. The van der Waals surface area contributed by atoms with Crippen molar-refractivity contribution in [3.63, 3.8) is 0 Å². The first-order valence-electron chi connectivity index (χ1n) is 8.84. The lowest BCUT2D eigenvalue weighted by Crippen LogP contribution is -2.19. The van der Waals surface area contributed by atoms with Crippen LogP contribution in [0.3, 0.4) is 0 Å². The fraction of sp³-hybridized carbons (Fsp3) is 0.0909. The summed E-state index contributed by atoms with van der Waals surface area (Å²) < 4.78 is 7.86. The largest absolute Gasteiger partial charge is 0.496 e. The third kappa shape index (κ3) is 2.56. The molecule has 2 aromatic heterocycles. The molecule has 27 heavy (non-hydrogen) atoms. The summed E-state index contributed by atoms with van der Waals surface area (Å²) in [6.45, 7) is 0. The van der Waals surface area contributed by atoms with Crippen LogP contribution in [0, 0.1) is 0 Å². The van der Waals surface area contributed by atoms with Crippen LogP contribution in [-0.2, 0) is 0 Å². The molecular weight excluding hydrogens is 336 g/mol. The molecule has 132 valence electrons. The summed E-state index contributed by atoms with van der Waals surface area (Å²) in [6.07, 6.45) is 5.84. The number of aromatic nitrogens is 3. The molecule has 1 aliphatic heterocycles. The molecule has 4 aromatic rings. The third-order valence-electron chi connectivity index (χ3n) is 4.88. The minimum atomic E-state index is -0.0417. The van der Waals surface area contributed by atoms with Gasteiger partial charge in [0.05, 0.1) is 24.2 Å². The number of imidazole rings is 1. The van der Waals surface area contributed by atoms with Crippen LogP contribution < -0.4 is 10.1 Å². The third-order valence-corrected chi connectivity index (χ3v) is 4.88. The van der Waals surface area contributed by atoms with Crippen molar-refractivity contribution in [2.24, 2.45) is 0 Å². The van der Waals surface area contributed by atoms with Crippen LogP contribution in [0.2, 0.25) is 0 Å². The van der Waals surface area contributed by atoms with E-state index in [1.54, 1.807) is 13.3 Å². The van der Waals surface area contributed by atoms with E-state index in [0.29, 0.717) is 0 Å². The van der Waals surface area contributed by atoms with Crippen LogP contribution in [-0.4, -0.2) is 21.6 Å². The number of fused-ring (bicyclic) bond motifs is 3. The Morgan fingerprint density at radius 1 is 1.00 bits per heavy atom. The van der Waals surface area contributed by atoms with E-state index in [1.165, 1.54) is 0 Å². The second-order valence-corrected chi connectivity index (χ2v) is 6.43. The van der Waals surface area contributed by atoms with E-state index in [-0.39, 0.29) is 6.04 Å². The molecule has 0 aliphatic carbocycles. The summed E-state index contributed by atoms with van der Waals surface area (Å²) in [4.78, 5) is 9.07.